The van der Waals surface area contributed by atoms with E-state index in [0.29, 0.717) is 0 Å². The molecule has 0 aliphatic rings. The van der Waals surface area contributed by atoms with E-state index in [1.165, 1.54) is 19.2 Å². The molecule has 0 aromatic carbocycles. The number of nitrogens with two attached hydrogens (primary N) is 1. The summed E-state index contributed by atoms with van der Waals surface area (Å²) in [6.07, 6.45) is -3.18. The summed E-state index contributed by atoms with van der Waals surface area (Å²) < 4.78 is 57.5. The van der Waals surface area contributed by atoms with Gasteiger partial charge in [-0.15, -0.1) is 0 Å². The molecule has 0 aliphatic heterocycles. The Hall–Kier alpha value is -2.50. The number of aliphatic hydroxyl groups is 4. The van der Waals surface area contributed by atoms with Crippen molar-refractivity contribution in [1.82, 2.24) is 4.98 Å². The predicted molar refractivity (Wildman–Crippen MR) is 91.5 cm³/mol. The Morgan fingerprint density at radius 3 is 2.00 bits per heavy atom. The number of carbonyl (C=O) groups excluding carboxylic acids is 3. The van der Waals surface area contributed by atoms with Crippen LogP contribution in [-0.4, -0.2) is 86.8 Å². The second-order valence-electron chi connectivity index (χ2n) is 5.11. The molecule has 0 saturated heterocycles. The quantitative estimate of drug-likeness (QED) is 0.117. The van der Waals surface area contributed by atoms with Gasteiger partial charge < -0.3 is 31.0 Å². The fourth-order valence-corrected chi connectivity index (χ4v) is 1.30. The maximum absolute atomic E-state index is 10.9. The number of amides is 1. The van der Waals surface area contributed by atoms with E-state index in [0.717, 1.165) is 0 Å². The maximum atomic E-state index is 10.9. The van der Waals surface area contributed by atoms with Gasteiger partial charge in [0.2, 0.25) is 0 Å². The Balaban J connectivity index is 0. The number of halogens is 3. The van der Waals surface area contributed by atoms with Gasteiger partial charge in [0.25, 0.3) is 5.91 Å². The number of rotatable bonds is 6. The molecule has 0 aliphatic carbocycles. The number of Topliss-reactive ketones (excluding diaryl/α,β-unsaturated/α-hetero) is 1. The molecule has 7 N–H and O–H groups in total. The zero-order valence-electron chi connectivity index (χ0n) is 15.1. The van der Waals surface area contributed by atoms with Gasteiger partial charge in [-0.2, -0.15) is 21.6 Å². The number of primary amides is 1. The first-order valence-electron chi connectivity index (χ1n) is 7.41. The van der Waals surface area contributed by atoms with Crippen LogP contribution in [-0.2, 0) is 14.9 Å². The number of carbonyl (C=O) groups is 3. The SMILES string of the molecule is CC(=O)c1ncccc1C(N)=O.O=CC(O)C(O)C(O)CO.O=S(=O)(O)C(F)(F)F. The average Bonchev–Trinajstić information content (AvgIpc) is 2.65. The molecule has 0 fully saturated rings. The standard InChI is InChI=1S/C8H8N2O2.C5H10O5.CHF3O3S/c1-5(11)7-6(8(9)12)3-2-4-10-7;6-1-3(8)5(10)4(9)2-7;2-1(3,4)8(5,6)7/h2-4H,1H3,(H2,9,12);1,3-5,7-10H,2H2;(H,5,6,7). The van der Waals surface area contributed by atoms with E-state index < -0.39 is 46.5 Å². The van der Waals surface area contributed by atoms with Crippen LogP contribution in [0.15, 0.2) is 18.3 Å². The summed E-state index contributed by atoms with van der Waals surface area (Å²) in [6, 6.07) is 3.04. The first-order valence-corrected chi connectivity index (χ1v) is 8.85. The molecule has 0 spiro atoms. The largest absolute Gasteiger partial charge is 0.522 e. The molecular weight excluding hydrogens is 445 g/mol. The number of aliphatic hydroxyl groups excluding tert-OH is 4. The van der Waals surface area contributed by atoms with Crippen molar-refractivity contribution in [1.29, 1.82) is 0 Å². The van der Waals surface area contributed by atoms with Gasteiger partial charge >= 0.3 is 15.6 Å². The highest BCUT2D eigenvalue weighted by atomic mass is 32.2. The number of hydrogen-bond acceptors (Lipinski definition) is 10. The maximum Gasteiger partial charge on any atom is 0.522 e. The van der Waals surface area contributed by atoms with Crippen molar-refractivity contribution in [2.75, 3.05) is 6.61 Å². The molecule has 30 heavy (non-hydrogen) atoms. The van der Waals surface area contributed by atoms with Crippen molar-refractivity contribution >= 4 is 28.1 Å². The molecule has 172 valence electrons. The summed E-state index contributed by atoms with van der Waals surface area (Å²) in [5, 5.41) is 34.1. The summed E-state index contributed by atoms with van der Waals surface area (Å²) in [5.74, 6) is -0.891. The molecule has 3 atom stereocenters. The lowest BCUT2D eigenvalue weighted by atomic mass is 10.1. The molecule has 1 rings (SSSR count). The van der Waals surface area contributed by atoms with Crippen molar-refractivity contribution in [3.8, 4) is 0 Å². The van der Waals surface area contributed by atoms with Gasteiger partial charge in [0, 0.05) is 13.1 Å². The van der Waals surface area contributed by atoms with Gasteiger partial charge in [0.1, 0.15) is 24.0 Å². The highest BCUT2D eigenvalue weighted by Crippen LogP contribution is 2.20. The number of aldehydes is 1. The highest BCUT2D eigenvalue weighted by Gasteiger charge is 2.44. The predicted octanol–water partition coefficient (Wildman–Crippen LogP) is -1.96. The van der Waals surface area contributed by atoms with Crippen LogP contribution in [0.2, 0.25) is 0 Å². The van der Waals surface area contributed by atoms with Crippen molar-refractivity contribution in [3.63, 3.8) is 0 Å². The number of nitrogens with zero attached hydrogens (tertiary/aromatic N) is 1. The van der Waals surface area contributed by atoms with Crippen LogP contribution in [0, 0.1) is 0 Å². The van der Waals surface area contributed by atoms with Gasteiger partial charge in [-0.05, 0) is 12.1 Å². The first kappa shape index (κ1) is 29.7. The average molecular weight is 464 g/mol. The van der Waals surface area contributed by atoms with Gasteiger partial charge in [-0.3, -0.25) is 19.1 Å². The molecule has 0 bridgehead atoms. The van der Waals surface area contributed by atoms with Crippen LogP contribution in [0.1, 0.15) is 27.8 Å². The highest BCUT2D eigenvalue weighted by molar-refractivity contribution is 7.86. The van der Waals surface area contributed by atoms with Crippen LogP contribution in [0.5, 0.6) is 0 Å². The minimum Gasteiger partial charge on any atom is -0.394 e. The molecule has 1 aromatic rings. The third-order valence-electron chi connectivity index (χ3n) is 2.77. The number of aromatic nitrogens is 1. The molecule has 3 unspecified atom stereocenters. The summed E-state index contributed by atoms with van der Waals surface area (Å²) >= 11 is 0. The van der Waals surface area contributed by atoms with E-state index in [1.807, 2.05) is 0 Å². The summed E-state index contributed by atoms with van der Waals surface area (Å²) in [4.78, 5) is 35.2. The van der Waals surface area contributed by atoms with E-state index in [4.69, 9.17) is 39.1 Å². The van der Waals surface area contributed by atoms with Crippen molar-refractivity contribution in [2.24, 2.45) is 5.73 Å². The van der Waals surface area contributed by atoms with Crippen LogP contribution in [0.3, 0.4) is 0 Å². The van der Waals surface area contributed by atoms with Gasteiger partial charge in [-0.1, -0.05) is 0 Å². The molecule has 12 nitrogen and oxygen atoms in total. The second-order valence-corrected chi connectivity index (χ2v) is 6.52. The Bertz CT molecular complexity index is 783. The Labute approximate surface area is 167 Å². The summed E-state index contributed by atoms with van der Waals surface area (Å²) in [7, 11) is -5.84. The van der Waals surface area contributed by atoms with E-state index >= 15 is 0 Å². The van der Waals surface area contributed by atoms with E-state index in [1.54, 1.807) is 6.07 Å². The van der Waals surface area contributed by atoms with Gasteiger partial charge in [0.15, 0.2) is 12.1 Å². The summed E-state index contributed by atoms with van der Waals surface area (Å²) in [5.41, 5.74) is -0.213. The molecule has 1 amide bonds. The number of alkyl halides is 3. The van der Waals surface area contributed by atoms with Gasteiger partial charge in [-0.25, -0.2) is 0 Å². The molecule has 0 radical (unpaired) electrons. The normalized spacial score (nSPS) is 14.0. The number of hydrogen-bond donors (Lipinski definition) is 6. The lowest BCUT2D eigenvalue weighted by Gasteiger charge is -2.16. The van der Waals surface area contributed by atoms with Gasteiger partial charge in [0.05, 0.1) is 12.2 Å². The van der Waals surface area contributed by atoms with E-state index in [9.17, 15) is 27.6 Å². The fourth-order valence-electron chi connectivity index (χ4n) is 1.30. The zero-order chi connectivity index (χ0) is 24.3. The van der Waals surface area contributed by atoms with E-state index in [2.05, 4.69) is 4.98 Å². The lowest BCUT2D eigenvalue weighted by molar-refractivity contribution is -0.127. The Morgan fingerprint density at radius 1 is 1.27 bits per heavy atom. The van der Waals surface area contributed by atoms with Crippen LogP contribution >= 0.6 is 0 Å². The van der Waals surface area contributed by atoms with Crippen LogP contribution in [0.25, 0.3) is 0 Å². The first-order chi connectivity index (χ1) is 13.5. The smallest absolute Gasteiger partial charge is 0.394 e. The van der Waals surface area contributed by atoms with Crippen molar-refractivity contribution < 1.29 is 61.0 Å². The molecule has 1 aromatic heterocycles. The van der Waals surface area contributed by atoms with Crippen molar-refractivity contribution in [3.05, 3.63) is 29.6 Å². The topological polar surface area (TPSA) is 225 Å². The van der Waals surface area contributed by atoms with Crippen molar-refractivity contribution in [2.45, 2.75) is 30.7 Å². The molecule has 16 heteroatoms. The minimum absolute atomic E-state index is 0.0869. The second kappa shape index (κ2) is 12.9. The Kier molecular flexibility index (Phi) is 12.8. The number of ketones is 1. The lowest BCUT2D eigenvalue weighted by Crippen LogP contribution is -2.40. The van der Waals surface area contributed by atoms with Crippen LogP contribution < -0.4 is 5.73 Å². The molecule has 1 heterocycles. The minimum atomic E-state index is -5.84. The zero-order valence-corrected chi connectivity index (χ0v) is 15.9. The molecular formula is C14H19F3N2O10S. The Morgan fingerprint density at radius 2 is 1.73 bits per heavy atom. The molecule has 0 saturated carbocycles. The number of pyridine rings is 1. The van der Waals surface area contributed by atoms with Crippen LogP contribution in [0.4, 0.5) is 13.2 Å². The third kappa shape index (κ3) is 10.9. The summed E-state index contributed by atoms with van der Waals surface area (Å²) in [6.45, 7) is 0.654. The fraction of sp³-hybridized carbons (Fsp3) is 0.429. The van der Waals surface area contributed by atoms with E-state index in [-0.39, 0.29) is 23.3 Å². The monoisotopic (exact) mass is 464 g/mol. The third-order valence-corrected chi connectivity index (χ3v) is 3.35.